The van der Waals surface area contributed by atoms with Crippen LogP contribution in [0.25, 0.3) is 0 Å². The Morgan fingerprint density at radius 1 is 1.29 bits per heavy atom. The van der Waals surface area contributed by atoms with Crippen molar-refractivity contribution in [2.45, 2.75) is 39.2 Å². The molecule has 21 heavy (non-hydrogen) atoms. The summed E-state index contributed by atoms with van der Waals surface area (Å²) in [6.07, 6.45) is 2.83. The summed E-state index contributed by atoms with van der Waals surface area (Å²) < 4.78 is 0. The quantitative estimate of drug-likeness (QED) is 0.904. The van der Waals surface area contributed by atoms with Gasteiger partial charge in [-0.3, -0.25) is 5.10 Å². The number of nitrogens with two attached hydrogens (primary N) is 1. The average molecular weight is 285 g/mol. The SMILES string of the molecule is Cc1ccc(C)c(Cc2nc(N3CCC(N)CC3)n[nH]2)c1. The highest BCUT2D eigenvalue weighted by Gasteiger charge is 2.19. The topological polar surface area (TPSA) is 70.8 Å². The minimum absolute atomic E-state index is 0.328. The van der Waals surface area contributed by atoms with Crippen molar-refractivity contribution >= 4 is 5.95 Å². The van der Waals surface area contributed by atoms with Gasteiger partial charge in [-0.05, 0) is 37.8 Å². The minimum Gasteiger partial charge on any atom is -0.339 e. The van der Waals surface area contributed by atoms with Crippen LogP contribution in [0.3, 0.4) is 0 Å². The summed E-state index contributed by atoms with van der Waals surface area (Å²) in [4.78, 5) is 6.86. The predicted octanol–water partition coefficient (Wildman–Crippen LogP) is 1.94. The summed E-state index contributed by atoms with van der Waals surface area (Å²) in [5, 5.41) is 7.44. The van der Waals surface area contributed by atoms with Gasteiger partial charge in [-0.1, -0.05) is 23.8 Å². The molecule has 1 aromatic heterocycles. The van der Waals surface area contributed by atoms with E-state index < -0.39 is 0 Å². The molecule has 3 rings (SSSR count). The van der Waals surface area contributed by atoms with Gasteiger partial charge in [0.25, 0.3) is 0 Å². The van der Waals surface area contributed by atoms with E-state index in [-0.39, 0.29) is 0 Å². The van der Waals surface area contributed by atoms with Crippen LogP contribution in [-0.4, -0.2) is 34.3 Å². The van der Waals surface area contributed by atoms with Crippen molar-refractivity contribution in [2.75, 3.05) is 18.0 Å². The highest BCUT2D eigenvalue weighted by molar-refractivity contribution is 5.34. The third-order valence-corrected chi connectivity index (χ3v) is 4.20. The molecule has 1 saturated heterocycles. The summed E-state index contributed by atoms with van der Waals surface area (Å²) in [5.74, 6) is 1.73. The van der Waals surface area contributed by atoms with Crippen LogP contribution in [0.2, 0.25) is 0 Å². The first kappa shape index (κ1) is 14.1. The number of rotatable bonds is 3. The fraction of sp³-hybridized carbons (Fsp3) is 0.500. The van der Waals surface area contributed by atoms with E-state index in [4.69, 9.17) is 5.73 Å². The van der Waals surface area contributed by atoms with Gasteiger partial charge in [0.15, 0.2) is 0 Å². The van der Waals surface area contributed by atoms with Crippen LogP contribution in [0.5, 0.6) is 0 Å². The van der Waals surface area contributed by atoms with Gasteiger partial charge in [-0.2, -0.15) is 4.98 Å². The number of piperidine rings is 1. The molecule has 5 heteroatoms. The molecule has 0 amide bonds. The normalized spacial score (nSPS) is 16.4. The van der Waals surface area contributed by atoms with E-state index in [0.717, 1.165) is 44.1 Å². The number of benzene rings is 1. The Balaban J connectivity index is 1.71. The van der Waals surface area contributed by atoms with Crippen molar-refractivity contribution in [3.05, 3.63) is 40.7 Å². The molecular weight excluding hydrogens is 262 g/mol. The third-order valence-electron chi connectivity index (χ3n) is 4.20. The number of H-pyrrole nitrogens is 1. The summed E-state index contributed by atoms with van der Waals surface area (Å²) in [6, 6.07) is 6.85. The van der Waals surface area contributed by atoms with E-state index in [0.29, 0.717) is 6.04 Å². The third kappa shape index (κ3) is 3.24. The summed E-state index contributed by atoms with van der Waals surface area (Å²) in [6.45, 7) is 6.15. The molecule has 2 aromatic rings. The Morgan fingerprint density at radius 3 is 2.81 bits per heavy atom. The van der Waals surface area contributed by atoms with E-state index in [1.54, 1.807) is 0 Å². The molecule has 0 atom stereocenters. The highest BCUT2D eigenvalue weighted by Crippen LogP contribution is 2.17. The van der Waals surface area contributed by atoms with Crippen LogP contribution in [-0.2, 0) is 6.42 Å². The number of aryl methyl sites for hydroxylation is 2. The Morgan fingerprint density at radius 2 is 2.05 bits per heavy atom. The first-order valence-corrected chi connectivity index (χ1v) is 7.60. The van der Waals surface area contributed by atoms with Crippen LogP contribution in [0.15, 0.2) is 18.2 Å². The maximum absolute atomic E-state index is 5.94. The van der Waals surface area contributed by atoms with Crippen molar-refractivity contribution in [1.82, 2.24) is 15.2 Å². The number of aromatic amines is 1. The van der Waals surface area contributed by atoms with Crippen LogP contribution in [0.1, 0.15) is 35.4 Å². The van der Waals surface area contributed by atoms with Gasteiger partial charge in [0, 0.05) is 25.6 Å². The first-order valence-electron chi connectivity index (χ1n) is 7.60. The van der Waals surface area contributed by atoms with Crippen molar-refractivity contribution in [3.63, 3.8) is 0 Å². The van der Waals surface area contributed by atoms with Crippen molar-refractivity contribution in [2.24, 2.45) is 5.73 Å². The zero-order chi connectivity index (χ0) is 14.8. The fourth-order valence-corrected chi connectivity index (χ4v) is 2.78. The number of aromatic nitrogens is 3. The van der Waals surface area contributed by atoms with Crippen molar-refractivity contribution < 1.29 is 0 Å². The molecule has 2 heterocycles. The number of nitrogens with one attached hydrogen (secondary N) is 1. The maximum atomic E-state index is 5.94. The first-order chi connectivity index (χ1) is 10.1. The second-order valence-electron chi connectivity index (χ2n) is 6.01. The van der Waals surface area contributed by atoms with Gasteiger partial charge in [0.05, 0.1) is 0 Å². The number of nitrogens with zero attached hydrogens (tertiary/aromatic N) is 3. The maximum Gasteiger partial charge on any atom is 0.244 e. The van der Waals surface area contributed by atoms with Gasteiger partial charge in [0.2, 0.25) is 5.95 Å². The molecule has 0 spiro atoms. The van der Waals surface area contributed by atoms with Gasteiger partial charge in [-0.25, -0.2) is 0 Å². The molecule has 0 saturated carbocycles. The molecule has 3 N–H and O–H groups in total. The van der Waals surface area contributed by atoms with Crippen molar-refractivity contribution in [3.8, 4) is 0 Å². The molecule has 0 bridgehead atoms. The fourth-order valence-electron chi connectivity index (χ4n) is 2.78. The molecule has 0 aliphatic carbocycles. The number of hydrogen-bond donors (Lipinski definition) is 2. The average Bonchev–Trinajstić information content (AvgIpc) is 2.92. The summed E-state index contributed by atoms with van der Waals surface area (Å²) in [5.41, 5.74) is 9.81. The molecule has 0 unspecified atom stereocenters. The second kappa shape index (κ2) is 5.85. The Kier molecular flexibility index (Phi) is 3.92. The van der Waals surface area contributed by atoms with E-state index in [9.17, 15) is 0 Å². The molecule has 0 radical (unpaired) electrons. The molecular formula is C16H23N5. The highest BCUT2D eigenvalue weighted by atomic mass is 15.4. The number of hydrogen-bond acceptors (Lipinski definition) is 4. The standard InChI is InChI=1S/C16H23N5/c1-11-3-4-12(2)13(9-11)10-15-18-16(20-19-15)21-7-5-14(17)6-8-21/h3-4,9,14H,5-8,10,17H2,1-2H3,(H,18,19,20). The molecule has 1 fully saturated rings. The van der Waals surface area contributed by atoms with Crippen LogP contribution >= 0.6 is 0 Å². The zero-order valence-electron chi connectivity index (χ0n) is 12.8. The lowest BCUT2D eigenvalue weighted by Gasteiger charge is -2.28. The van der Waals surface area contributed by atoms with Crippen LogP contribution in [0, 0.1) is 13.8 Å². The Labute approximate surface area is 125 Å². The second-order valence-corrected chi connectivity index (χ2v) is 6.01. The lowest BCUT2D eigenvalue weighted by Crippen LogP contribution is -2.40. The zero-order valence-corrected chi connectivity index (χ0v) is 12.8. The minimum atomic E-state index is 0.328. The smallest absolute Gasteiger partial charge is 0.244 e. The van der Waals surface area contributed by atoms with Gasteiger partial charge < -0.3 is 10.6 Å². The molecule has 1 aromatic carbocycles. The van der Waals surface area contributed by atoms with Gasteiger partial charge >= 0.3 is 0 Å². The lowest BCUT2D eigenvalue weighted by atomic mass is 10.0. The number of anilines is 1. The van der Waals surface area contributed by atoms with E-state index in [1.807, 2.05) is 0 Å². The monoisotopic (exact) mass is 285 g/mol. The summed E-state index contributed by atoms with van der Waals surface area (Å²) in [7, 11) is 0. The van der Waals surface area contributed by atoms with E-state index in [2.05, 4.69) is 52.1 Å². The lowest BCUT2D eigenvalue weighted by molar-refractivity contribution is 0.496. The molecule has 112 valence electrons. The Bertz CT molecular complexity index is 611. The predicted molar refractivity (Wildman–Crippen MR) is 84.5 cm³/mol. The van der Waals surface area contributed by atoms with Crippen LogP contribution < -0.4 is 10.6 Å². The van der Waals surface area contributed by atoms with Crippen LogP contribution in [0.4, 0.5) is 5.95 Å². The van der Waals surface area contributed by atoms with Crippen molar-refractivity contribution in [1.29, 1.82) is 0 Å². The van der Waals surface area contributed by atoms with E-state index >= 15 is 0 Å². The van der Waals surface area contributed by atoms with E-state index in [1.165, 1.54) is 16.7 Å². The largest absolute Gasteiger partial charge is 0.339 e. The summed E-state index contributed by atoms with van der Waals surface area (Å²) >= 11 is 0. The molecule has 5 nitrogen and oxygen atoms in total. The molecule has 1 aliphatic heterocycles. The van der Waals surface area contributed by atoms with Gasteiger partial charge in [0.1, 0.15) is 5.82 Å². The molecule has 1 aliphatic rings. The van der Waals surface area contributed by atoms with Gasteiger partial charge in [-0.15, -0.1) is 5.10 Å². The Hall–Kier alpha value is -1.88.